The van der Waals surface area contributed by atoms with E-state index in [9.17, 15) is 9.59 Å². The summed E-state index contributed by atoms with van der Waals surface area (Å²) in [6.07, 6.45) is 2.25. The molecule has 1 unspecified atom stereocenters. The molecule has 0 aliphatic carbocycles. The molecule has 2 amide bonds. The lowest BCUT2D eigenvalue weighted by atomic mass is 9.95. The minimum absolute atomic E-state index is 0.0558. The Morgan fingerprint density at radius 2 is 1.96 bits per heavy atom. The summed E-state index contributed by atoms with van der Waals surface area (Å²) in [5.74, 6) is 0.933. The Morgan fingerprint density at radius 3 is 2.67 bits per heavy atom. The number of hydrogen-bond acceptors (Lipinski definition) is 3. The van der Waals surface area contributed by atoms with E-state index in [0.29, 0.717) is 18.6 Å². The highest BCUT2D eigenvalue weighted by molar-refractivity contribution is 5.97. The molecule has 2 heterocycles. The van der Waals surface area contributed by atoms with Crippen LogP contribution in [-0.4, -0.2) is 25.0 Å². The zero-order valence-electron chi connectivity index (χ0n) is 15.7. The molecule has 140 valence electrons. The van der Waals surface area contributed by atoms with Gasteiger partial charge in [-0.1, -0.05) is 17.7 Å². The lowest BCUT2D eigenvalue weighted by Crippen LogP contribution is -2.32. The summed E-state index contributed by atoms with van der Waals surface area (Å²) in [6.45, 7) is 5.44. The second-order valence-corrected chi connectivity index (χ2v) is 7.36. The molecule has 2 aliphatic heterocycles. The number of anilines is 1. The van der Waals surface area contributed by atoms with Gasteiger partial charge in [0.1, 0.15) is 5.75 Å². The van der Waals surface area contributed by atoms with Crippen LogP contribution in [0.4, 0.5) is 5.69 Å². The molecule has 0 saturated carbocycles. The maximum absolute atomic E-state index is 12.8. The number of ether oxygens (including phenoxy) is 1. The first kappa shape index (κ1) is 17.6. The van der Waals surface area contributed by atoms with E-state index in [0.717, 1.165) is 47.5 Å². The maximum atomic E-state index is 12.8. The zero-order valence-corrected chi connectivity index (χ0v) is 15.7. The lowest BCUT2D eigenvalue weighted by Gasteiger charge is -2.28. The van der Waals surface area contributed by atoms with E-state index in [4.69, 9.17) is 4.74 Å². The molecule has 0 spiro atoms. The highest BCUT2D eigenvalue weighted by atomic mass is 16.5. The van der Waals surface area contributed by atoms with E-state index in [1.807, 2.05) is 19.1 Å². The van der Waals surface area contributed by atoms with Gasteiger partial charge in [0.2, 0.25) is 5.91 Å². The minimum Gasteiger partial charge on any atom is -0.493 e. The van der Waals surface area contributed by atoms with Crippen LogP contribution < -0.4 is 15.0 Å². The summed E-state index contributed by atoms with van der Waals surface area (Å²) < 4.78 is 5.82. The van der Waals surface area contributed by atoms with Crippen molar-refractivity contribution in [2.75, 3.05) is 18.1 Å². The van der Waals surface area contributed by atoms with Crippen LogP contribution in [0.3, 0.4) is 0 Å². The molecule has 2 aromatic carbocycles. The molecule has 1 atom stereocenters. The fourth-order valence-corrected chi connectivity index (χ4v) is 3.98. The van der Waals surface area contributed by atoms with Gasteiger partial charge in [-0.25, -0.2) is 0 Å². The van der Waals surface area contributed by atoms with Crippen LogP contribution in [0.25, 0.3) is 0 Å². The fourth-order valence-electron chi connectivity index (χ4n) is 3.98. The number of amides is 2. The summed E-state index contributed by atoms with van der Waals surface area (Å²) in [5, 5.41) is 3.14. The van der Waals surface area contributed by atoms with Gasteiger partial charge in [-0.3, -0.25) is 9.59 Å². The highest BCUT2D eigenvalue weighted by Crippen LogP contribution is 2.36. The van der Waals surface area contributed by atoms with E-state index in [2.05, 4.69) is 24.4 Å². The number of rotatable bonds is 3. The van der Waals surface area contributed by atoms with Crippen molar-refractivity contribution < 1.29 is 14.3 Å². The van der Waals surface area contributed by atoms with Gasteiger partial charge in [-0.2, -0.15) is 0 Å². The van der Waals surface area contributed by atoms with Crippen LogP contribution in [0.2, 0.25) is 0 Å². The molecule has 1 saturated heterocycles. The fraction of sp³-hybridized carbons (Fsp3) is 0.364. The summed E-state index contributed by atoms with van der Waals surface area (Å²) in [4.78, 5) is 26.4. The van der Waals surface area contributed by atoms with Crippen LogP contribution in [0.5, 0.6) is 5.75 Å². The number of nitrogens with one attached hydrogen (secondary N) is 1. The highest BCUT2D eigenvalue weighted by Gasteiger charge is 2.26. The van der Waals surface area contributed by atoms with Crippen molar-refractivity contribution in [2.45, 2.75) is 39.2 Å². The number of hydrogen-bond donors (Lipinski definition) is 1. The van der Waals surface area contributed by atoms with Crippen molar-refractivity contribution in [2.24, 2.45) is 0 Å². The molecule has 1 N–H and O–H groups in total. The maximum Gasteiger partial charge on any atom is 0.251 e. The van der Waals surface area contributed by atoms with Crippen LogP contribution in [0, 0.1) is 13.8 Å². The quantitative estimate of drug-likeness (QED) is 0.904. The van der Waals surface area contributed by atoms with E-state index in [-0.39, 0.29) is 17.9 Å². The van der Waals surface area contributed by atoms with Gasteiger partial charge >= 0.3 is 0 Å². The van der Waals surface area contributed by atoms with Crippen LogP contribution >= 0.6 is 0 Å². The number of carbonyl (C=O) groups is 2. The number of benzene rings is 2. The van der Waals surface area contributed by atoms with Gasteiger partial charge in [0.25, 0.3) is 5.91 Å². The lowest BCUT2D eigenvalue weighted by molar-refractivity contribution is -0.117. The molecule has 2 aliphatic rings. The van der Waals surface area contributed by atoms with Crippen LogP contribution in [0.15, 0.2) is 36.4 Å². The van der Waals surface area contributed by atoms with Gasteiger partial charge in [0.05, 0.1) is 12.6 Å². The normalized spacial score (nSPS) is 18.8. The largest absolute Gasteiger partial charge is 0.493 e. The van der Waals surface area contributed by atoms with Crippen LogP contribution in [0.1, 0.15) is 52.4 Å². The summed E-state index contributed by atoms with van der Waals surface area (Å²) >= 11 is 0. The molecule has 5 nitrogen and oxygen atoms in total. The molecule has 0 bridgehead atoms. The number of fused-ring (bicyclic) bond motifs is 1. The smallest absolute Gasteiger partial charge is 0.251 e. The van der Waals surface area contributed by atoms with E-state index in [1.165, 1.54) is 0 Å². The van der Waals surface area contributed by atoms with E-state index < -0.39 is 0 Å². The molecule has 4 rings (SSSR count). The number of nitrogens with zero attached hydrogens (tertiary/aromatic N) is 1. The predicted octanol–water partition coefficient (Wildman–Crippen LogP) is 3.68. The second-order valence-electron chi connectivity index (χ2n) is 7.36. The topological polar surface area (TPSA) is 58.6 Å². The molecule has 0 aromatic heterocycles. The molecular weight excluding hydrogens is 340 g/mol. The van der Waals surface area contributed by atoms with E-state index in [1.54, 1.807) is 17.0 Å². The predicted molar refractivity (Wildman–Crippen MR) is 104 cm³/mol. The Kier molecular flexibility index (Phi) is 4.60. The third-order valence-corrected chi connectivity index (χ3v) is 5.30. The Balaban J connectivity index is 1.51. The van der Waals surface area contributed by atoms with Crippen molar-refractivity contribution in [3.05, 3.63) is 58.7 Å². The molecule has 27 heavy (non-hydrogen) atoms. The van der Waals surface area contributed by atoms with Crippen molar-refractivity contribution in [3.8, 4) is 5.75 Å². The average molecular weight is 364 g/mol. The van der Waals surface area contributed by atoms with Crippen molar-refractivity contribution in [3.63, 3.8) is 0 Å². The third-order valence-electron chi connectivity index (χ3n) is 5.30. The van der Waals surface area contributed by atoms with E-state index >= 15 is 0 Å². The summed E-state index contributed by atoms with van der Waals surface area (Å²) in [6, 6.07) is 11.4. The summed E-state index contributed by atoms with van der Waals surface area (Å²) in [5.41, 5.74) is 4.77. The molecule has 1 fully saturated rings. The van der Waals surface area contributed by atoms with Gasteiger partial charge in [0.15, 0.2) is 0 Å². The monoisotopic (exact) mass is 364 g/mol. The SMILES string of the molecule is Cc1cc(C)c2c(c1)C(NC(=O)c1ccc(N3CCCC3=O)cc1)CCO2. The Bertz CT molecular complexity index is 889. The van der Waals surface area contributed by atoms with Gasteiger partial charge < -0.3 is 15.0 Å². The Hall–Kier alpha value is -2.82. The van der Waals surface area contributed by atoms with Crippen LogP contribution in [-0.2, 0) is 4.79 Å². The first-order valence-corrected chi connectivity index (χ1v) is 9.48. The molecule has 0 radical (unpaired) electrons. The second kappa shape index (κ2) is 7.06. The minimum atomic E-state index is -0.105. The Morgan fingerprint density at radius 1 is 1.19 bits per heavy atom. The standard InChI is InChI=1S/C22H24N2O3/c1-14-12-15(2)21-18(13-14)19(9-11-27-21)23-22(26)16-5-7-17(8-6-16)24-10-3-4-20(24)25/h5-8,12-13,19H,3-4,9-11H2,1-2H3,(H,23,26). The first-order valence-electron chi connectivity index (χ1n) is 9.48. The number of carbonyl (C=O) groups excluding carboxylic acids is 2. The molecule has 5 heteroatoms. The van der Waals surface area contributed by atoms with Gasteiger partial charge in [-0.05, 0) is 50.1 Å². The van der Waals surface area contributed by atoms with Gasteiger partial charge in [0, 0.05) is 36.2 Å². The van der Waals surface area contributed by atoms with Crippen molar-refractivity contribution in [1.29, 1.82) is 0 Å². The molecule has 2 aromatic rings. The third kappa shape index (κ3) is 3.42. The first-order chi connectivity index (χ1) is 13.0. The van der Waals surface area contributed by atoms with Crippen molar-refractivity contribution in [1.82, 2.24) is 5.32 Å². The molecular formula is C22H24N2O3. The summed E-state index contributed by atoms with van der Waals surface area (Å²) in [7, 11) is 0. The average Bonchev–Trinajstić information content (AvgIpc) is 3.08. The van der Waals surface area contributed by atoms with Crippen molar-refractivity contribution >= 4 is 17.5 Å². The van der Waals surface area contributed by atoms with Gasteiger partial charge in [-0.15, -0.1) is 0 Å². The zero-order chi connectivity index (χ0) is 19.0. The Labute approximate surface area is 159 Å². The number of aryl methyl sites for hydroxylation is 2.